The number of rotatable bonds is 4. The van der Waals surface area contributed by atoms with Gasteiger partial charge in [-0.2, -0.15) is 5.10 Å². The number of piperazine rings is 1. The summed E-state index contributed by atoms with van der Waals surface area (Å²) in [5.74, 6) is 1.80. The van der Waals surface area contributed by atoms with Gasteiger partial charge in [-0.1, -0.05) is 13.8 Å². The number of hydrogen-bond donors (Lipinski definition) is 0. The second-order valence-electron chi connectivity index (χ2n) is 6.21. The van der Waals surface area contributed by atoms with Crippen molar-refractivity contribution in [3.63, 3.8) is 0 Å². The van der Waals surface area contributed by atoms with Crippen molar-refractivity contribution in [2.45, 2.75) is 20.3 Å². The minimum atomic E-state index is 0.778. The van der Waals surface area contributed by atoms with Gasteiger partial charge in [-0.05, 0) is 18.9 Å². The van der Waals surface area contributed by atoms with Crippen LogP contribution in [0.5, 0.6) is 0 Å². The molecule has 0 spiro atoms. The third-order valence-corrected chi connectivity index (χ3v) is 4.20. The molecule has 0 atom stereocenters. The molecule has 0 aliphatic carbocycles. The van der Waals surface area contributed by atoms with Gasteiger partial charge in [0.15, 0.2) is 5.65 Å². The van der Waals surface area contributed by atoms with E-state index in [2.05, 4.69) is 38.7 Å². The van der Waals surface area contributed by atoms with Crippen LogP contribution in [-0.2, 0) is 7.05 Å². The van der Waals surface area contributed by atoms with E-state index in [-0.39, 0.29) is 0 Å². The smallest absolute Gasteiger partial charge is 0.163 e. The van der Waals surface area contributed by atoms with E-state index in [4.69, 9.17) is 0 Å². The number of hydrogen-bond acceptors (Lipinski definition) is 5. The molecule has 114 valence electrons. The van der Waals surface area contributed by atoms with E-state index in [1.807, 2.05) is 13.2 Å². The lowest BCUT2D eigenvalue weighted by Crippen LogP contribution is -2.47. The van der Waals surface area contributed by atoms with E-state index < -0.39 is 0 Å². The summed E-state index contributed by atoms with van der Waals surface area (Å²) in [6, 6.07) is 0. The van der Waals surface area contributed by atoms with Gasteiger partial charge in [0.2, 0.25) is 0 Å². The van der Waals surface area contributed by atoms with Crippen LogP contribution in [0.25, 0.3) is 11.0 Å². The lowest BCUT2D eigenvalue weighted by Gasteiger charge is -2.35. The Morgan fingerprint density at radius 3 is 2.62 bits per heavy atom. The Morgan fingerprint density at radius 2 is 1.90 bits per heavy atom. The van der Waals surface area contributed by atoms with Gasteiger partial charge in [-0.15, -0.1) is 0 Å². The van der Waals surface area contributed by atoms with Crippen molar-refractivity contribution in [3.8, 4) is 0 Å². The first-order chi connectivity index (χ1) is 10.1. The molecule has 0 unspecified atom stereocenters. The number of aromatic nitrogens is 4. The van der Waals surface area contributed by atoms with E-state index in [0.29, 0.717) is 0 Å². The Labute approximate surface area is 125 Å². The molecule has 0 aromatic carbocycles. The molecule has 1 aliphatic rings. The predicted molar refractivity (Wildman–Crippen MR) is 84.4 cm³/mol. The Bertz CT molecular complexity index is 597. The summed E-state index contributed by atoms with van der Waals surface area (Å²) in [5, 5.41) is 5.34. The minimum Gasteiger partial charge on any atom is -0.353 e. The molecule has 3 rings (SSSR count). The van der Waals surface area contributed by atoms with E-state index in [9.17, 15) is 0 Å². The molecule has 0 saturated carbocycles. The van der Waals surface area contributed by atoms with Crippen molar-refractivity contribution in [2.75, 3.05) is 37.6 Å². The van der Waals surface area contributed by atoms with Gasteiger partial charge in [0, 0.05) is 33.2 Å². The van der Waals surface area contributed by atoms with Crippen molar-refractivity contribution in [3.05, 3.63) is 12.5 Å². The SMILES string of the molecule is CC(C)CCN1CCN(c2ncnc3c2cnn3C)CC1. The quantitative estimate of drug-likeness (QED) is 0.854. The first kappa shape index (κ1) is 14.3. The zero-order chi connectivity index (χ0) is 14.8. The Kier molecular flexibility index (Phi) is 4.05. The standard InChI is InChI=1S/C15H24N6/c1-12(2)4-5-20-6-8-21(9-7-20)15-13-10-18-19(3)14(13)16-11-17-15/h10-12H,4-9H2,1-3H3. The maximum atomic E-state index is 4.49. The topological polar surface area (TPSA) is 50.1 Å². The van der Waals surface area contributed by atoms with Crippen molar-refractivity contribution < 1.29 is 0 Å². The van der Waals surface area contributed by atoms with Crippen LogP contribution in [-0.4, -0.2) is 57.4 Å². The molecular weight excluding hydrogens is 264 g/mol. The van der Waals surface area contributed by atoms with Gasteiger partial charge in [-0.3, -0.25) is 9.58 Å². The van der Waals surface area contributed by atoms with Crippen LogP contribution in [0.3, 0.4) is 0 Å². The van der Waals surface area contributed by atoms with Crippen molar-refractivity contribution >= 4 is 16.9 Å². The molecule has 0 N–H and O–H groups in total. The van der Waals surface area contributed by atoms with Crippen LogP contribution in [0.2, 0.25) is 0 Å². The fourth-order valence-electron chi connectivity index (χ4n) is 2.83. The zero-order valence-electron chi connectivity index (χ0n) is 13.2. The molecular formula is C15H24N6. The summed E-state index contributed by atoms with van der Waals surface area (Å²) in [5.41, 5.74) is 0.905. The molecule has 2 aromatic heterocycles. The number of aryl methyl sites for hydroxylation is 1. The molecule has 3 heterocycles. The maximum Gasteiger partial charge on any atom is 0.163 e. The maximum absolute atomic E-state index is 4.49. The third-order valence-electron chi connectivity index (χ3n) is 4.20. The fourth-order valence-corrected chi connectivity index (χ4v) is 2.83. The normalized spacial score (nSPS) is 17.0. The average molecular weight is 288 g/mol. The highest BCUT2D eigenvalue weighted by molar-refractivity contribution is 5.86. The van der Waals surface area contributed by atoms with Gasteiger partial charge in [0.25, 0.3) is 0 Å². The van der Waals surface area contributed by atoms with Gasteiger partial charge < -0.3 is 4.90 Å². The molecule has 0 radical (unpaired) electrons. The molecule has 21 heavy (non-hydrogen) atoms. The monoisotopic (exact) mass is 288 g/mol. The Hall–Kier alpha value is -1.69. The number of anilines is 1. The summed E-state index contributed by atoms with van der Waals surface area (Å²) in [7, 11) is 1.92. The van der Waals surface area contributed by atoms with Crippen LogP contribution < -0.4 is 4.90 Å². The fraction of sp³-hybridized carbons (Fsp3) is 0.667. The first-order valence-electron chi connectivity index (χ1n) is 7.75. The second kappa shape index (κ2) is 5.97. The highest BCUT2D eigenvalue weighted by atomic mass is 15.3. The Balaban J connectivity index is 1.68. The largest absolute Gasteiger partial charge is 0.353 e. The summed E-state index contributed by atoms with van der Waals surface area (Å²) < 4.78 is 1.80. The summed E-state index contributed by atoms with van der Waals surface area (Å²) in [6.45, 7) is 10.1. The Morgan fingerprint density at radius 1 is 1.14 bits per heavy atom. The lowest BCUT2D eigenvalue weighted by atomic mass is 10.1. The van der Waals surface area contributed by atoms with E-state index in [0.717, 1.165) is 48.9 Å². The van der Waals surface area contributed by atoms with Crippen molar-refractivity contribution in [2.24, 2.45) is 13.0 Å². The van der Waals surface area contributed by atoms with E-state index in [1.54, 1.807) is 11.0 Å². The second-order valence-corrected chi connectivity index (χ2v) is 6.21. The van der Waals surface area contributed by atoms with Crippen molar-refractivity contribution in [1.29, 1.82) is 0 Å². The molecule has 6 nitrogen and oxygen atoms in total. The number of nitrogens with zero attached hydrogens (tertiary/aromatic N) is 6. The highest BCUT2D eigenvalue weighted by Crippen LogP contribution is 2.23. The summed E-state index contributed by atoms with van der Waals surface area (Å²) in [6.07, 6.45) is 4.79. The molecule has 1 fully saturated rings. The number of fused-ring (bicyclic) bond motifs is 1. The van der Waals surface area contributed by atoms with Crippen LogP contribution in [0.4, 0.5) is 5.82 Å². The van der Waals surface area contributed by atoms with E-state index >= 15 is 0 Å². The lowest BCUT2D eigenvalue weighted by molar-refractivity contribution is 0.243. The van der Waals surface area contributed by atoms with Crippen LogP contribution >= 0.6 is 0 Å². The first-order valence-corrected chi connectivity index (χ1v) is 7.75. The molecule has 0 amide bonds. The molecule has 0 bridgehead atoms. The molecule has 2 aromatic rings. The van der Waals surface area contributed by atoms with Crippen LogP contribution in [0.1, 0.15) is 20.3 Å². The van der Waals surface area contributed by atoms with Gasteiger partial charge in [-0.25, -0.2) is 9.97 Å². The molecule has 6 heteroatoms. The zero-order valence-corrected chi connectivity index (χ0v) is 13.2. The van der Waals surface area contributed by atoms with E-state index in [1.165, 1.54) is 13.0 Å². The van der Waals surface area contributed by atoms with Gasteiger partial charge >= 0.3 is 0 Å². The third kappa shape index (κ3) is 3.00. The van der Waals surface area contributed by atoms with Gasteiger partial charge in [0.05, 0.1) is 11.6 Å². The highest BCUT2D eigenvalue weighted by Gasteiger charge is 2.20. The average Bonchev–Trinajstić information content (AvgIpc) is 2.87. The summed E-state index contributed by atoms with van der Waals surface area (Å²) in [4.78, 5) is 13.7. The van der Waals surface area contributed by atoms with Gasteiger partial charge in [0.1, 0.15) is 12.1 Å². The summed E-state index contributed by atoms with van der Waals surface area (Å²) >= 11 is 0. The predicted octanol–water partition coefficient (Wildman–Crippen LogP) is 1.53. The molecule has 1 saturated heterocycles. The van der Waals surface area contributed by atoms with Crippen molar-refractivity contribution in [1.82, 2.24) is 24.6 Å². The molecule has 1 aliphatic heterocycles. The minimum absolute atomic E-state index is 0.778. The van der Waals surface area contributed by atoms with Crippen LogP contribution in [0, 0.1) is 5.92 Å². The van der Waals surface area contributed by atoms with Crippen LogP contribution in [0.15, 0.2) is 12.5 Å².